The summed E-state index contributed by atoms with van der Waals surface area (Å²) < 4.78 is 5.76. The van der Waals surface area contributed by atoms with Gasteiger partial charge in [-0.25, -0.2) is 4.98 Å². The summed E-state index contributed by atoms with van der Waals surface area (Å²) in [5.74, 6) is 0.000673. The summed E-state index contributed by atoms with van der Waals surface area (Å²) >= 11 is 0. The molecule has 0 radical (unpaired) electrons. The van der Waals surface area contributed by atoms with Gasteiger partial charge in [0, 0.05) is 24.5 Å². The molecule has 2 bridgehead atoms. The Hall–Kier alpha value is -2.55. The van der Waals surface area contributed by atoms with Gasteiger partial charge in [0.2, 0.25) is 0 Å². The van der Waals surface area contributed by atoms with Gasteiger partial charge in [-0.3, -0.25) is 9.69 Å². The summed E-state index contributed by atoms with van der Waals surface area (Å²) in [6, 6.07) is 18.0. The van der Waals surface area contributed by atoms with E-state index in [-0.39, 0.29) is 23.8 Å². The van der Waals surface area contributed by atoms with Gasteiger partial charge < -0.3 is 4.74 Å². The predicted octanol–water partition coefficient (Wildman–Crippen LogP) is 2.82. The van der Waals surface area contributed by atoms with Gasteiger partial charge in [0.15, 0.2) is 5.78 Å². The molecule has 2 unspecified atom stereocenters. The molecule has 2 saturated heterocycles. The summed E-state index contributed by atoms with van der Waals surface area (Å²) in [7, 11) is 0. The lowest BCUT2D eigenvalue weighted by molar-refractivity contribution is -0.0873. The molecule has 0 N–H and O–H groups in total. The van der Waals surface area contributed by atoms with E-state index in [1.807, 2.05) is 12.1 Å². The van der Waals surface area contributed by atoms with E-state index in [9.17, 15) is 4.79 Å². The molecule has 2 fully saturated rings. The second-order valence-corrected chi connectivity index (χ2v) is 7.06. The van der Waals surface area contributed by atoms with E-state index < -0.39 is 0 Å². The lowest BCUT2D eigenvalue weighted by atomic mass is 9.81. The van der Waals surface area contributed by atoms with Crippen LogP contribution in [0.1, 0.15) is 34.6 Å². The molecule has 5 nitrogen and oxygen atoms in total. The quantitative estimate of drug-likeness (QED) is 0.796. The number of piperidine rings is 1. The third-order valence-electron chi connectivity index (χ3n) is 5.37. The number of nitrogens with zero attached hydrogens (tertiary/aromatic N) is 3. The Morgan fingerprint density at radius 2 is 1.85 bits per heavy atom. The number of aromatic nitrogens is 1. The van der Waals surface area contributed by atoms with E-state index in [0.717, 1.165) is 19.4 Å². The van der Waals surface area contributed by atoms with E-state index in [0.29, 0.717) is 24.6 Å². The van der Waals surface area contributed by atoms with Crippen molar-refractivity contribution in [1.29, 1.82) is 5.26 Å². The van der Waals surface area contributed by atoms with Gasteiger partial charge in [-0.1, -0.05) is 36.4 Å². The molecule has 2 aliphatic rings. The summed E-state index contributed by atoms with van der Waals surface area (Å²) in [6.45, 7) is 2.22. The number of hydrogen-bond donors (Lipinski definition) is 0. The van der Waals surface area contributed by atoms with Crippen LogP contribution in [0.5, 0.6) is 0 Å². The summed E-state index contributed by atoms with van der Waals surface area (Å²) in [6.07, 6.45) is 1.56. The Kier molecular flexibility index (Phi) is 4.79. The Morgan fingerprint density at radius 1 is 1.12 bits per heavy atom. The highest BCUT2D eigenvalue weighted by molar-refractivity contribution is 5.96. The molecule has 2 aliphatic heterocycles. The lowest BCUT2D eigenvalue weighted by Crippen LogP contribution is -2.57. The van der Waals surface area contributed by atoms with Crippen LogP contribution >= 0.6 is 0 Å². The normalized spacial score (nSPS) is 25.4. The van der Waals surface area contributed by atoms with Crippen molar-refractivity contribution in [3.05, 3.63) is 65.5 Å². The van der Waals surface area contributed by atoms with Crippen LogP contribution in [0, 0.1) is 17.2 Å². The molecule has 0 aliphatic carbocycles. The van der Waals surface area contributed by atoms with Crippen molar-refractivity contribution in [2.45, 2.75) is 31.5 Å². The maximum absolute atomic E-state index is 12.9. The zero-order valence-corrected chi connectivity index (χ0v) is 14.5. The van der Waals surface area contributed by atoms with Crippen LogP contribution in [-0.2, 0) is 11.3 Å². The van der Waals surface area contributed by atoms with Crippen molar-refractivity contribution in [3.8, 4) is 6.07 Å². The number of fused-ring (bicyclic) bond motifs is 2. The average molecular weight is 347 g/mol. The largest absolute Gasteiger partial charge is 0.378 e. The third-order valence-corrected chi connectivity index (χ3v) is 5.37. The van der Waals surface area contributed by atoms with Crippen molar-refractivity contribution in [3.63, 3.8) is 0 Å². The van der Waals surface area contributed by atoms with Gasteiger partial charge in [-0.15, -0.1) is 0 Å². The molecular formula is C21H21N3O2. The van der Waals surface area contributed by atoms with Crippen LogP contribution in [0.15, 0.2) is 48.5 Å². The molecule has 0 saturated carbocycles. The molecule has 3 heterocycles. The first-order valence-electron chi connectivity index (χ1n) is 9.03. The molecule has 4 rings (SSSR count). The molecule has 2 aromatic rings. The zero-order valence-electron chi connectivity index (χ0n) is 14.5. The van der Waals surface area contributed by atoms with Crippen LogP contribution < -0.4 is 0 Å². The second-order valence-electron chi connectivity index (χ2n) is 7.06. The van der Waals surface area contributed by atoms with Gasteiger partial charge in [-0.05, 0) is 30.5 Å². The van der Waals surface area contributed by atoms with Crippen molar-refractivity contribution in [2.75, 3.05) is 13.2 Å². The zero-order chi connectivity index (χ0) is 17.9. The molecule has 5 heteroatoms. The minimum absolute atomic E-state index is 0.0534. The molecule has 0 spiro atoms. The van der Waals surface area contributed by atoms with E-state index in [1.165, 1.54) is 5.56 Å². The Labute approximate surface area is 153 Å². The molecule has 2 atom stereocenters. The standard InChI is InChI=1S/C21H21N3O2/c22-11-17-7-4-8-20(23-17)21(25)16-9-18-13-26-14-19(10-16)24(18)12-15-5-2-1-3-6-15/h1-8,16,18-19H,9-10,12-14H2. The fourth-order valence-corrected chi connectivity index (χ4v) is 4.10. The molecule has 1 aromatic carbocycles. The van der Waals surface area contributed by atoms with E-state index in [2.05, 4.69) is 34.1 Å². The molecule has 1 aromatic heterocycles. The number of rotatable bonds is 4. The minimum atomic E-state index is -0.0534. The Morgan fingerprint density at radius 3 is 2.54 bits per heavy atom. The number of benzene rings is 1. The summed E-state index contributed by atoms with van der Waals surface area (Å²) in [5, 5.41) is 9.01. The van der Waals surface area contributed by atoms with Crippen LogP contribution in [0.4, 0.5) is 0 Å². The lowest BCUT2D eigenvalue weighted by Gasteiger charge is -2.48. The van der Waals surface area contributed by atoms with Crippen LogP contribution in [-0.4, -0.2) is 41.0 Å². The number of hydrogen-bond acceptors (Lipinski definition) is 5. The van der Waals surface area contributed by atoms with Crippen molar-refractivity contribution >= 4 is 5.78 Å². The minimum Gasteiger partial charge on any atom is -0.378 e. The maximum Gasteiger partial charge on any atom is 0.184 e. The number of morpholine rings is 1. The smallest absolute Gasteiger partial charge is 0.184 e. The molecule has 0 amide bonds. The van der Waals surface area contributed by atoms with Gasteiger partial charge >= 0.3 is 0 Å². The monoisotopic (exact) mass is 347 g/mol. The van der Waals surface area contributed by atoms with Crippen LogP contribution in [0.25, 0.3) is 0 Å². The van der Waals surface area contributed by atoms with Gasteiger partial charge in [0.1, 0.15) is 17.5 Å². The van der Waals surface area contributed by atoms with E-state index in [1.54, 1.807) is 18.2 Å². The number of carbonyl (C=O) groups is 1. The van der Waals surface area contributed by atoms with Crippen molar-refractivity contribution < 1.29 is 9.53 Å². The Balaban J connectivity index is 1.50. The molecule has 26 heavy (non-hydrogen) atoms. The molecular weight excluding hydrogens is 326 g/mol. The number of ketones is 1. The first-order valence-corrected chi connectivity index (χ1v) is 9.03. The predicted molar refractivity (Wildman–Crippen MR) is 96.4 cm³/mol. The van der Waals surface area contributed by atoms with Gasteiger partial charge in [-0.2, -0.15) is 5.26 Å². The highest BCUT2D eigenvalue weighted by Crippen LogP contribution is 2.34. The second kappa shape index (κ2) is 7.36. The average Bonchev–Trinajstić information content (AvgIpc) is 2.68. The first kappa shape index (κ1) is 16.9. The van der Waals surface area contributed by atoms with Crippen LogP contribution in [0.3, 0.4) is 0 Å². The topological polar surface area (TPSA) is 66.2 Å². The Bertz CT molecular complexity index is 817. The number of nitriles is 1. The number of ether oxygens (including phenoxy) is 1. The van der Waals surface area contributed by atoms with E-state index in [4.69, 9.17) is 10.00 Å². The van der Waals surface area contributed by atoms with Gasteiger partial charge in [0.25, 0.3) is 0 Å². The number of pyridine rings is 1. The van der Waals surface area contributed by atoms with Crippen molar-refractivity contribution in [1.82, 2.24) is 9.88 Å². The molecule has 132 valence electrons. The van der Waals surface area contributed by atoms with Gasteiger partial charge in [0.05, 0.1) is 13.2 Å². The summed E-state index contributed by atoms with van der Waals surface area (Å²) in [5.41, 5.74) is 1.99. The van der Waals surface area contributed by atoms with Crippen LogP contribution in [0.2, 0.25) is 0 Å². The first-order chi connectivity index (χ1) is 12.7. The third kappa shape index (κ3) is 3.39. The fraction of sp³-hybridized carbons (Fsp3) is 0.381. The highest BCUT2D eigenvalue weighted by atomic mass is 16.5. The SMILES string of the molecule is N#Cc1cccc(C(=O)C2CC3COCC(C2)N3Cc2ccccc2)n1. The number of carbonyl (C=O) groups excluding carboxylic acids is 1. The number of Topliss-reactive ketones (excluding diaryl/α,β-unsaturated/α-hetero) is 1. The maximum atomic E-state index is 12.9. The van der Waals surface area contributed by atoms with Crippen molar-refractivity contribution in [2.24, 2.45) is 5.92 Å². The highest BCUT2D eigenvalue weighted by Gasteiger charge is 2.41. The fourth-order valence-electron chi connectivity index (χ4n) is 4.10. The summed E-state index contributed by atoms with van der Waals surface area (Å²) in [4.78, 5) is 19.6. The van der Waals surface area contributed by atoms with E-state index >= 15 is 0 Å².